The van der Waals surface area contributed by atoms with E-state index in [1.807, 2.05) is 12.1 Å². The van der Waals surface area contributed by atoms with Crippen molar-refractivity contribution in [3.63, 3.8) is 0 Å². The van der Waals surface area contributed by atoms with Gasteiger partial charge in [0.15, 0.2) is 0 Å². The SMILES string of the molecule is Brc1ccc(Br)c(C#Cc2c3ccccc3cc3ccccc23)c1C#Cc1c2ccccc2cc2ccccc12. The molecular formula is C38H20Br2. The Morgan fingerprint density at radius 3 is 0.925 bits per heavy atom. The minimum absolute atomic E-state index is 0.864. The number of hydrogen-bond donors (Lipinski definition) is 0. The molecule has 0 atom stereocenters. The molecule has 7 aromatic rings. The van der Waals surface area contributed by atoms with Gasteiger partial charge in [0.1, 0.15) is 0 Å². The lowest BCUT2D eigenvalue weighted by Gasteiger charge is -2.08. The molecule has 0 aliphatic rings. The summed E-state index contributed by atoms with van der Waals surface area (Å²) in [5.41, 5.74) is 3.78. The van der Waals surface area contributed by atoms with Crippen molar-refractivity contribution in [1.82, 2.24) is 0 Å². The molecule has 0 nitrogen and oxygen atoms in total. The minimum atomic E-state index is 0.864. The highest BCUT2D eigenvalue weighted by atomic mass is 79.9. The zero-order valence-electron chi connectivity index (χ0n) is 21.3. The number of halogens is 2. The van der Waals surface area contributed by atoms with E-state index >= 15 is 0 Å². The second-order valence-electron chi connectivity index (χ2n) is 9.67. The Bertz CT molecular complexity index is 1980. The molecule has 0 aliphatic carbocycles. The molecule has 0 aliphatic heterocycles. The van der Waals surface area contributed by atoms with E-state index in [0.717, 1.165) is 52.7 Å². The second kappa shape index (κ2) is 10.3. The van der Waals surface area contributed by atoms with E-state index in [2.05, 4.69) is 165 Å². The third-order valence-electron chi connectivity index (χ3n) is 7.27. The maximum Gasteiger partial charge on any atom is 0.0559 e. The standard InChI is InChI=1S/C38H20Br2/c39-37-21-22-38(40)36(20-18-34-31-15-7-3-11-27(31)24-28-12-4-8-16-32(28)34)35(37)19-17-33-29-13-5-1-9-25(29)23-26-10-2-6-14-30(26)33/h1-16,21-24H. The summed E-state index contributed by atoms with van der Waals surface area (Å²) in [4.78, 5) is 0. The van der Waals surface area contributed by atoms with Gasteiger partial charge in [-0.15, -0.1) is 0 Å². The molecule has 0 radical (unpaired) electrons. The summed E-state index contributed by atoms with van der Waals surface area (Å²) in [6, 6.07) is 42.3. The van der Waals surface area contributed by atoms with Crippen LogP contribution < -0.4 is 0 Å². The first-order valence-corrected chi connectivity index (χ1v) is 14.6. The van der Waals surface area contributed by atoms with Crippen LogP contribution in [0, 0.1) is 23.7 Å². The van der Waals surface area contributed by atoms with Crippen LogP contribution in [0.25, 0.3) is 43.1 Å². The number of benzene rings is 7. The summed E-state index contributed by atoms with van der Waals surface area (Å²) < 4.78 is 1.83. The van der Waals surface area contributed by atoms with Crippen molar-refractivity contribution in [2.75, 3.05) is 0 Å². The molecule has 40 heavy (non-hydrogen) atoms. The molecule has 0 unspecified atom stereocenters. The summed E-state index contributed by atoms with van der Waals surface area (Å²) >= 11 is 7.54. The van der Waals surface area contributed by atoms with E-state index in [1.165, 1.54) is 21.5 Å². The molecule has 186 valence electrons. The molecule has 0 saturated heterocycles. The predicted molar refractivity (Wildman–Crippen MR) is 177 cm³/mol. The largest absolute Gasteiger partial charge is 0.0616 e. The van der Waals surface area contributed by atoms with Crippen LogP contribution in [0.4, 0.5) is 0 Å². The van der Waals surface area contributed by atoms with Gasteiger partial charge < -0.3 is 0 Å². The molecule has 2 heteroatoms. The fourth-order valence-electron chi connectivity index (χ4n) is 5.34. The molecule has 0 heterocycles. The smallest absolute Gasteiger partial charge is 0.0559 e. The van der Waals surface area contributed by atoms with Crippen molar-refractivity contribution in [3.05, 3.63) is 153 Å². The Kier molecular flexibility index (Phi) is 6.37. The van der Waals surface area contributed by atoms with Gasteiger partial charge in [0.05, 0.1) is 11.1 Å². The van der Waals surface area contributed by atoms with Gasteiger partial charge in [-0.2, -0.15) is 0 Å². The monoisotopic (exact) mass is 634 g/mol. The van der Waals surface area contributed by atoms with Gasteiger partial charge in [-0.25, -0.2) is 0 Å². The summed E-state index contributed by atoms with van der Waals surface area (Å²) in [6.07, 6.45) is 0. The van der Waals surface area contributed by atoms with Crippen molar-refractivity contribution in [2.24, 2.45) is 0 Å². The highest BCUT2D eigenvalue weighted by Crippen LogP contribution is 2.31. The second-order valence-corrected chi connectivity index (χ2v) is 11.4. The predicted octanol–water partition coefficient (Wildman–Crippen LogP) is 10.6. The molecule has 0 fully saturated rings. The summed E-state index contributed by atoms with van der Waals surface area (Å²) in [5.74, 6) is 14.1. The van der Waals surface area contributed by atoms with Crippen LogP contribution in [0.3, 0.4) is 0 Å². The lowest BCUT2D eigenvalue weighted by atomic mass is 9.96. The van der Waals surface area contributed by atoms with Crippen LogP contribution in [0.2, 0.25) is 0 Å². The van der Waals surface area contributed by atoms with Crippen LogP contribution in [0.1, 0.15) is 22.3 Å². The van der Waals surface area contributed by atoms with Crippen LogP contribution in [-0.4, -0.2) is 0 Å². The molecule has 7 aromatic carbocycles. The van der Waals surface area contributed by atoms with E-state index in [1.54, 1.807) is 0 Å². The normalized spacial score (nSPS) is 10.8. The van der Waals surface area contributed by atoms with Crippen molar-refractivity contribution in [3.8, 4) is 23.7 Å². The first kappa shape index (κ1) is 24.7. The lowest BCUT2D eigenvalue weighted by molar-refractivity contribution is 1.50. The van der Waals surface area contributed by atoms with Gasteiger partial charge in [-0.1, -0.05) is 121 Å². The number of fused-ring (bicyclic) bond motifs is 4. The average Bonchev–Trinajstić information content (AvgIpc) is 2.99. The Balaban J connectivity index is 1.45. The van der Waals surface area contributed by atoms with Gasteiger partial charge in [0, 0.05) is 20.1 Å². The zero-order chi connectivity index (χ0) is 27.1. The van der Waals surface area contributed by atoms with E-state index in [9.17, 15) is 0 Å². The first-order chi connectivity index (χ1) is 19.7. The van der Waals surface area contributed by atoms with Gasteiger partial charge in [0.2, 0.25) is 0 Å². The highest BCUT2D eigenvalue weighted by molar-refractivity contribution is 9.11. The van der Waals surface area contributed by atoms with Crippen molar-refractivity contribution >= 4 is 74.9 Å². The Morgan fingerprint density at radius 2 is 0.600 bits per heavy atom. The first-order valence-electron chi connectivity index (χ1n) is 13.0. The molecule has 0 N–H and O–H groups in total. The van der Waals surface area contributed by atoms with Crippen molar-refractivity contribution < 1.29 is 0 Å². The fourth-order valence-corrected chi connectivity index (χ4v) is 6.20. The highest BCUT2D eigenvalue weighted by Gasteiger charge is 2.10. The Morgan fingerprint density at radius 1 is 0.325 bits per heavy atom. The van der Waals surface area contributed by atoms with Crippen LogP contribution in [-0.2, 0) is 0 Å². The van der Waals surface area contributed by atoms with Crippen LogP contribution in [0.5, 0.6) is 0 Å². The Labute approximate surface area is 249 Å². The number of hydrogen-bond acceptors (Lipinski definition) is 0. The third-order valence-corrected chi connectivity index (χ3v) is 8.59. The molecule has 7 rings (SSSR count). The topological polar surface area (TPSA) is 0 Å². The van der Waals surface area contributed by atoms with Crippen LogP contribution >= 0.6 is 31.9 Å². The van der Waals surface area contributed by atoms with Crippen molar-refractivity contribution in [1.29, 1.82) is 0 Å². The molecule has 0 saturated carbocycles. The van der Waals surface area contributed by atoms with E-state index in [-0.39, 0.29) is 0 Å². The average molecular weight is 636 g/mol. The van der Waals surface area contributed by atoms with Crippen molar-refractivity contribution in [2.45, 2.75) is 0 Å². The van der Waals surface area contributed by atoms with Gasteiger partial charge >= 0.3 is 0 Å². The molecular weight excluding hydrogens is 616 g/mol. The number of rotatable bonds is 0. The minimum Gasteiger partial charge on any atom is -0.0616 e. The third kappa shape index (κ3) is 4.37. The lowest BCUT2D eigenvalue weighted by Crippen LogP contribution is -1.90. The summed E-state index contributed by atoms with van der Waals surface area (Å²) in [5, 5.41) is 9.32. The van der Waals surface area contributed by atoms with Gasteiger partial charge in [-0.3, -0.25) is 0 Å². The zero-order valence-corrected chi connectivity index (χ0v) is 24.5. The van der Waals surface area contributed by atoms with Gasteiger partial charge in [-0.05, 0) is 99.2 Å². The quantitative estimate of drug-likeness (QED) is 0.115. The Hall–Kier alpha value is -4.34. The molecule has 0 bridgehead atoms. The van der Waals surface area contributed by atoms with Gasteiger partial charge in [0.25, 0.3) is 0 Å². The van der Waals surface area contributed by atoms with E-state index in [0.29, 0.717) is 0 Å². The summed E-state index contributed by atoms with van der Waals surface area (Å²) in [6.45, 7) is 0. The maximum atomic E-state index is 3.77. The summed E-state index contributed by atoms with van der Waals surface area (Å²) in [7, 11) is 0. The molecule has 0 aromatic heterocycles. The molecule has 0 spiro atoms. The maximum absolute atomic E-state index is 3.77. The molecule has 0 amide bonds. The van der Waals surface area contributed by atoms with E-state index in [4.69, 9.17) is 0 Å². The fraction of sp³-hybridized carbons (Fsp3) is 0. The van der Waals surface area contributed by atoms with Crippen LogP contribution in [0.15, 0.2) is 130 Å². The van der Waals surface area contributed by atoms with E-state index < -0.39 is 0 Å².